The van der Waals surface area contributed by atoms with E-state index in [0.717, 1.165) is 27.9 Å². The topological polar surface area (TPSA) is 87.7 Å². The van der Waals surface area contributed by atoms with Gasteiger partial charge >= 0.3 is 6.18 Å². The van der Waals surface area contributed by atoms with E-state index in [9.17, 15) is 21.6 Å². The maximum Gasteiger partial charge on any atom is 0.398 e. The third-order valence-corrected chi connectivity index (χ3v) is 10.6. The van der Waals surface area contributed by atoms with Crippen LogP contribution in [0.1, 0.15) is 49.8 Å². The monoisotopic (exact) mass is 554 g/mol. The summed E-state index contributed by atoms with van der Waals surface area (Å²) in [7, 11) is -3.48. The minimum absolute atomic E-state index is 0.0796. The van der Waals surface area contributed by atoms with Crippen LogP contribution in [0.3, 0.4) is 0 Å². The van der Waals surface area contributed by atoms with Gasteiger partial charge in [-0.2, -0.15) is 18.3 Å². The lowest BCUT2D eigenvalue weighted by Gasteiger charge is -2.30. The Morgan fingerprint density at radius 2 is 1.62 bits per heavy atom. The molecule has 0 saturated heterocycles. The Bertz CT molecular complexity index is 1600. The minimum Gasteiger partial charge on any atom is -0.382 e. The van der Waals surface area contributed by atoms with E-state index in [1.165, 1.54) is 0 Å². The van der Waals surface area contributed by atoms with Gasteiger partial charge in [-0.3, -0.25) is 5.10 Å². The molecule has 0 bridgehead atoms. The third-order valence-electron chi connectivity index (χ3n) is 8.33. The average Bonchev–Trinajstić information content (AvgIpc) is 3.68. The smallest absolute Gasteiger partial charge is 0.382 e. The summed E-state index contributed by atoms with van der Waals surface area (Å²) in [5.74, 6) is 0. The van der Waals surface area contributed by atoms with Gasteiger partial charge in [-0.15, -0.1) is 0 Å². The summed E-state index contributed by atoms with van der Waals surface area (Å²) in [4.78, 5) is 4.69. The molecule has 2 saturated carbocycles. The number of aromatic nitrogens is 3. The van der Waals surface area contributed by atoms with Crippen molar-refractivity contribution in [2.24, 2.45) is 0 Å². The van der Waals surface area contributed by atoms with E-state index < -0.39 is 26.7 Å². The number of aryl methyl sites for hydroxylation is 1. The molecule has 0 radical (unpaired) electrons. The minimum atomic E-state index is -4.23. The van der Waals surface area contributed by atoms with Crippen molar-refractivity contribution in [3.63, 3.8) is 0 Å². The predicted octanol–water partition coefficient (Wildman–Crippen LogP) is 6.72. The molecule has 39 heavy (non-hydrogen) atoms. The quantitative estimate of drug-likeness (QED) is 0.276. The zero-order chi connectivity index (χ0) is 27.4. The lowest BCUT2D eigenvalue weighted by atomic mass is 9.93. The van der Waals surface area contributed by atoms with Crippen LogP contribution in [-0.4, -0.2) is 41.1 Å². The molecule has 6 nitrogen and oxygen atoms in total. The van der Waals surface area contributed by atoms with Crippen LogP contribution < -0.4 is 5.32 Å². The van der Waals surface area contributed by atoms with E-state index in [2.05, 4.69) is 20.5 Å². The molecule has 2 heterocycles. The van der Waals surface area contributed by atoms with Crippen molar-refractivity contribution in [1.82, 2.24) is 15.2 Å². The summed E-state index contributed by atoms with van der Waals surface area (Å²) in [6, 6.07) is 15.6. The molecular formula is C29H29F3N4O2S. The van der Waals surface area contributed by atoms with Gasteiger partial charge in [0.25, 0.3) is 0 Å². The number of benzene rings is 2. The van der Waals surface area contributed by atoms with Gasteiger partial charge in [0, 0.05) is 34.6 Å². The number of nitrogens with zero attached hydrogens (tertiary/aromatic N) is 2. The van der Waals surface area contributed by atoms with Crippen molar-refractivity contribution in [3.05, 3.63) is 72.1 Å². The highest BCUT2D eigenvalue weighted by Crippen LogP contribution is 2.58. The highest BCUT2D eigenvalue weighted by Gasteiger charge is 2.64. The number of pyridine rings is 1. The van der Waals surface area contributed by atoms with E-state index in [-0.39, 0.29) is 18.9 Å². The Morgan fingerprint density at radius 1 is 0.949 bits per heavy atom. The number of fused-ring (bicyclic) bond motifs is 1. The number of rotatable bonds is 6. The number of hydrogen-bond acceptors (Lipinski definition) is 5. The third kappa shape index (κ3) is 4.68. The summed E-state index contributed by atoms with van der Waals surface area (Å²) >= 11 is 0. The van der Waals surface area contributed by atoms with E-state index in [1.54, 1.807) is 42.6 Å². The van der Waals surface area contributed by atoms with Gasteiger partial charge in [-0.05, 0) is 86.9 Å². The fourth-order valence-corrected chi connectivity index (χ4v) is 7.50. The molecule has 2 aromatic heterocycles. The van der Waals surface area contributed by atoms with Crippen LogP contribution in [-0.2, 0) is 15.3 Å². The van der Waals surface area contributed by atoms with E-state index in [0.29, 0.717) is 41.8 Å². The predicted molar refractivity (Wildman–Crippen MR) is 144 cm³/mol. The Balaban J connectivity index is 1.08. The second-order valence-electron chi connectivity index (χ2n) is 10.8. The van der Waals surface area contributed by atoms with Crippen molar-refractivity contribution in [3.8, 4) is 11.1 Å². The Hall–Kier alpha value is -3.40. The fraction of sp³-hybridized carbons (Fsp3) is 0.379. The van der Waals surface area contributed by atoms with Gasteiger partial charge in [-0.25, -0.2) is 13.4 Å². The number of H-pyrrole nitrogens is 1. The molecule has 0 atom stereocenters. The summed E-state index contributed by atoms with van der Waals surface area (Å²) in [6.45, 7) is 1.93. The molecule has 204 valence electrons. The molecule has 0 amide bonds. The highest BCUT2D eigenvalue weighted by atomic mass is 32.2. The number of nitrogens with one attached hydrogen (secondary N) is 2. The number of anilines is 1. The van der Waals surface area contributed by atoms with Crippen LogP contribution in [0.2, 0.25) is 0 Å². The molecule has 0 aliphatic heterocycles. The summed E-state index contributed by atoms with van der Waals surface area (Å²) in [5.41, 5.74) is 2.73. The molecule has 2 aromatic carbocycles. The lowest BCUT2D eigenvalue weighted by Crippen LogP contribution is -2.33. The Kier molecular flexibility index (Phi) is 6.21. The molecule has 2 aliphatic carbocycles. The van der Waals surface area contributed by atoms with Crippen LogP contribution in [0.4, 0.5) is 18.9 Å². The summed E-state index contributed by atoms with van der Waals surface area (Å²) in [5, 5.41) is 10.9. The molecule has 2 N–H and O–H groups in total. The van der Waals surface area contributed by atoms with Gasteiger partial charge in [-0.1, -0.05) is 24.3 Å². The van der Waals surface area contributed by atoms with Crippen molar-refractivity contribution < 1.29 is 21.6 Å². The fourth-order valence-electron chi connectivity index (χ4n) is 5.71. The maximum atomic E-state index is 13.4. The number of hydrogen-bond donors (Lipinski definition) is 2. The number of sulfone groups is 1. The second kappa shape index (κ2) is 9.36. The van der Waals surface area contributed by atoms with Crippen LogP contribution in [0, 0.1) is 6.92 Å². The molecular weight excluding hydrogens is 525 g/mol. The summed E-state index contributed by atoms with van der Waals surface area (Å²) in [6.07, 6.45) is 0.183. The SMILES string of the molecule is Cc1[nH]nc2ncc(-c3ccc(S(=O)(=O)C4CCC(Nc5ccc(C6(C(F)(F)F)CC6)cc5)CC4)cc3)cc12. The molecule has 0 spiro atoms. The van der Waals surface area contributed by atoms with Crippen molar-refractivity contribution in [2.45, 2.75) is 73.2 Å². The molecule has 10 heteroatoms. The first-order valence-electron chi connectivity index (χ1n) is 13.2. The maximum absolute atomic E-state index is 13.4. The van der Waals surface area contributed by atoms with Gasteiger partial charge in [0.05, 0.1) is 15.6 Å². The van der Waals surface area contributed by atoms with Gasteiger partial charge in [0.2, 0.25) is 0 Å². The first kappa shape index (κ1) is 25.9. The van der Waals surface area contributed by atoms with Crippen molar-refractivity contribution in [2.75, 3.05) is 5.32 Å². The molecule has 0 unspecified atom stereocenters. The Morgan fingerprint density at radius 3 is 2.23 bits per heavy atom. The highest BCUT2D eigenvalue weighted by molar-refractivity contribution is 7.92. The van der Waals surface area contributed by atoms with Crippen LogP contribution in [0.15, 0.2) is 65.7 Å². The first-order valence-corrected chi connectivity index (χ1v) is 14.7. The van der Waals surface area contributed by atoms with Gasteiger partial charge in [0.15, 0.2) is 15.5 Å². The Labute approximate surface area is 225 Å². The van der Waals surface area contributed by atoms with Crippen LogP contribution in [0.25, 0.3) is 22.2 Å². The number of alkyl halides is 3. The number of halogens is 3. The lowest BCUT2D eigenvalue weighted by molar-refractivity contribution is -0.160. The second-order valence-corrected chi connectivity index (χ2v) is 13.0. The zero-order valence-electron chi connectivity index (χ0n) is 21.4. The molecule has 2 aliphatic rings. The zero-order valence-corrected chi connectivity index (χ0v) is 22.2. The van der Waals surface area contributed by atoms with Gasteiger partial charge in [0.1, 0.15) is 0 Å². The average molecular weight is 555 g/mol. The standard InChI is InChI=1S/C29H29F3N4O2S/c1-18-26-16-20(17-33-27(26)36-35-18)19-2-10-24(11-3-19)39(37,38)25-12-8-23(9-13-25)34-22-6-4-21(5-7-22)28(14-15-28)29(30,31)32/h2-7,10-11,16-17,23,25,34H,8-9,12-15H2,1H3,(H,33,35,36). The van der Waals surface area contributed by atoms with E-state index in [4.69, 9.17) is 0 Å². The molecule has 4 aromatic rings. The van der Waals surface area contributed by atoms with Crippen molar-refractivity contribution in [1.29, 1.82) is 0 Å². The molecule has 2 fully saturated rings. The summed E-state index contributed by atoms with van der Waals surface area (Å²) < 4.78 is 66.9. The normalized spacial score (nSPS) is 21.1. The van der Waals surface area contributed by atoms with Crippen molar-refractivity contribution >= 4 is 26.6 Å². The largest absolute Gasteiger partial charge is 0.398 e. The van der Waals surface area contributed by atoms with Crippen LogP contribution in [0.5, 0.6) is 0 Å². The van der Waals surface area contributed by atoms with Gasteiger partial charge < -0.3 is 5.32 Å². The number of aromatic amines is 1. The van der Waals surface area contributed by atoms with Crippen LogP contribution >= 0.6 is 0 Å². The molecule has 6 rings (SSSR count). The first-order chi connectivity index (χ1) is 18.6. The van der Waals surface area contributed by atoms with E-state index in [1.807, 2.05) is 25.1 Å². The van der Waals surface area contributed by atoms with E-state index >= 15 is 0 Å².